The summed E-state index contributed by atoms with van der Waals surface area (Å²) < 4.78 is 5.35. The zero-order chi connectivity index (χ0) is 14.4. The van der Waals surface area contributed by atoms with Crippen LogP contribution in [0.2, 0.25) is 5.02 Å². The van der Waals surface area contributed by atoms with Crippen molar-refractivity contribution in [2.75, 3.05) is 7.11 Å². The molecule has 2 N–H and O–H groups in total. The molecular formula is C17H20ClNO. The molecule has 0 bridgehead atoms. The zero-order valence-electron chi connectivity index (χ0n) is 11.7. The Kier molecular flexibility index (Phi) is 5.45. The maximum Gasteiger partial charge on any atom is 0.122 e. The van der Waals surface area contributed by atoms with Crippen LogP contribution >= 0.6 is 11.6 Å². The van der Waals surface area contributed by atoms with Gasteiger partial charge in [0, 0.05) is 11.1 Å². The van der Waals surface area contributed by atoms with E-state index in [1.54, 1.807) is 7.11 Å². The van der Waals surface area contributed by atoms with Crippen molar-refractivity contribution in [3.05, 3.63) is 64.7 Å². The Bertz CT molecular complexity index is 542. The second-order valence-corrected chi connectivity index (χ2v) is 5.30. The summed E-state index contributed by atoms with van der Waals surface area (Å²) in [5, 5.41) is 0.744. The molecule has 1 unspecified atom stereocenters. The van der Waals surface area contributed by atoms with Gasteiger partial charge in [-0.05, 0) is 48.6 Å². The van der Waals surface area contributed by atoms with Gasteiger partial charge in [-0.3, -0.25) is 0 Å². The van der Waals surface area contributed by atoms with E-state index in [0.29, 0.717) is 0 Å². The van der Waals surface area contributed by atoms with Gasteiger partial charge in [0.2, 0.25) is 0 Å². The third-order valence-corrected chi connectivity index (χ3v) is 3.67. The van der Waals surface area contributed by atoms with Gasteiger partial charge in [-0.1, -0.05) is 41.9 Å². The Morgan fingerprint density at radius 2 is 1.90 bits per heavy atom. The third-order valence-electron chi connectivity index (χ3n) is 3.43. The molecule has 106 valence electrons. The summed E-state index contributed by atoms with van der Waals surface area (Å²) in [5.41, 5.74) is 8.53. The molecule has 0 aromatic heterocycles. The number of aryl methyl sites for hydroxylation is 1. The lowest BCUT2D eigenvalue weighted by Gasteiger charge is -2.13. The fraction of sp³-hybridized carbons (Fsp3) is 0.294. The Morgan fingerprint density at radius 1 is 1.15 bits per heavy atom. The Morgan fingerprint density at radius 3 is 2.60 bits per heavy atom. The van der Waals surface area contributed by atoms with Gasteiger partial charge in [-0.2, -0.15) is 0 Å². The highest BCUT2D eigenvalue weighted by atomic mass is 35.5. The Balaban J connectivity index is 1.91. The molecule has 0 saturated heterocycles. The van der Waals surface area contributed by atoms with E-state index >= 15 is 0 Å². The molecule has 0 aliphatic rings. The van der Waals surface area contributed by atoms with E-state index in [4.69, 9.17) is 22.1 Å². The first-order valence-electron chi connectivity index (χ1n) is 6.83. The summed E-state index contributed by atoms with van der Waals surface area (Å²) in [6, 6.07) is 16.0. The molecule has 3 heteroatoms. The van der Waals surface area contributed by atoms with Crippen LogP contribution in [-0.2, 0) is 6.42 Å². The number of nitrogens with two attached hydrogens (primary N) is 1. The molecule has 2 nitrogen and oxygen atoms in total. The van der Waals surface area contributed by atoms with Crippen LogP contribution in [0, 0.1) is 0 Å². The van der Waals surface area contributed by atoms with Crippen LogP contribution in [0.5, 0.6) is 5.75 Å². The molecule has 0 amide bonds. The summed E-state index contributed by atoms with van der Waals surface area (Å²) >= 11 is 6.03. The van der Waals surface area contributed by atoms with Gasteiger partial charge in [0.15, 0.2) is 0 Å². The zero-order valence-corrected chi connectivity index (χ0v) is 12.4. The van der Waals surface area contributed by atoms with Gasteiger partial charge in [0.1, 0.15) is 5.75 Å². The summed E-state index contributed by atoms with van der Waals surface area (Å²) in [4.78, 5) is 0. The lowest BCUT2D eigenvalue weighted by Crippen LogP contribution is -2.10. The van der Waals surface area contributed by atoms with Gasteiger partial charge in [0.05, 0.1) is 7.11 Å². The molecule has 0 radical (unpaired) electrons. The van der Waals surface area contributed by atoms with E-state index in [-0.39, 0.29) is 6.04 Å². The minimum atomic E-state index is 0.0846. The number of halogens is 1. The van der Waals surface area contributed by atoms with Crippen LogP contribution < -0.4 is 10.5 Å². The predicted molar refractivity (Wildman–Crippen MR) is 84.3 cm³/mol. The lowest BCUT2D eigenvalue weighted by molar-refractivity contribution is 0.408. The van der Waals surface area contributed by atoms with Crippen LogP contribution in [0.25, 0.3) is 0 Å². The highest BCUT2D eigenvalue weighted by Gasteiger charge is 2.07. The van der Waals surface area contributed by atoms with Crippen molar-refractivity contribution in [3.63, 3.8) is 0 Å². The first kappa shape index (κ1) is 14.9. The molecule has 20 heavy (non-hydrogen) atoms. The first-order valence-corrected chi connectivity index (χ1v) is 7.21. The number of benzene rings is 2. The van der Waals surface area contributed by atoms with Crippen molar-refractivity contribution < 1.29 is 4.74 Å². The van der Waals surface area contributed by atoms with E-state index in [2.05, 4.69) is 12.1 Å². The van der Waals surface area contributed by atoms with E-state index in [1.165, 1.54) is 5.56 Å². The van der Waals surface area contributed by atoms with Crippen LogP contribution in [0.3, 0.4) is 0 Å². The molecular weight excluding hydrogens is 270 g/mol. The maximum atomic E-state index is 6.20. The highest BCUT2D eigenvalue weighted by molar-refractivity contribution is 6.30. The SMILES string of the molecule is COc1ccc(Cl)cc1CCCC(N)c1ccccc1. The van der Waals surface area contributed by atoms with Gasteiger partial charge >= 0.3 is 0 Å². The van der Waals surface area contributed by atoms with Crippen molar-refractivity contribution in [1.29, 1.82) is 0 Å². The van der Waals surface area contributed by atoms with E-state index in [1.807, 2.05) is 36.4 Å². The second kappa shape index (κ2) is 7.32. The van der Waals surface area contributed by atoms with E-state index in [9.17, 15) is 0 Å². The Labute approximate surface area is 125 Å². The second-order valence-electron chi connectivity index (χ2n) is 4.87. The van der Waals surface area contributed by atoms with E-state index in [0.717, 1.165) is 35.6 Å². The van der Waals surface area contributed by atoms with Crippen molar-refractivity contribution in [3.8, 4) is 5.75 Å². The summed E-state index contributed by atoms with van der Waals surface area (Å²) in [6.45, 7) is 0. The number of ether oxygens (including phenoxy) is 1. The lowest BCUT2D eigenvalue weighted by atomic mass is 9.99. The van der Waals surface area contributed by atoms with E-state index < -0.39 is 0 Å². The molecule has 0 fully saturated rings. The normalized spacial score (nSPS) is 12.2. The minimum Gasteiger partial charge on any atom is -0.496 e. The fourth-order valence-corrected chi connectivity index (χ4v) is 2.52. The monoisotopic (exact) mass is 289 g/mol. The maximum absolute atomic E-state index is 6.20. The van der Waals surface area contributed by atoms with Crippen molar-refractivity contribution in [2.45, 2.75) is 25.3 Å². The first-order chi connectivity index (χ1) is 9.70. The van der Waals surface area contributed by atoms with Crippen LogP contribution in [0.15, 0.2) is 48.5 Å². The average molecular weight is 290 g/mol. The van der Waals surface area contributed by atoms with Crippen molar-refractivity contribution in [1.82, 2.24) is 0 Å². The highest BCUT2D eigenvalue weighted by Crippen LogP contribution is 2.25. The summed E-state index contributed by atoms with van der Waals surface area (Å²) in [5.74, 6) is 0.891. The molecule has 2 aromatic carbocycles. The fourth-order valence-electron chi connectivity index (χ4n) is 2.32. The molecule has 0 aliphatic carbocycles. The number of methoxy groups -OCH3 is 1. The van der Waals surface area contributed by atoms with Crippen molar-refractivity contribution in [2.24, 2.45) is 5.73 Å². The smallest absolute Gasteiger partial charge is 0.122 e. The van der Waals surface area contributed by atoms with Crippen molar-refractivity contribution >= 4 is 11.6 Å². The number of hydrogen-bond donors (Lipinski definition) is 1. The van der Waals surface area contributed by atoms with Gasteiger partial charge in [0.25, 0.3) is 0 Å². The molecule has 0 saturated carbocycles. The molecule has 0 spiro atoms. The molecule has 0 aliphatic heterocycles. The number of rotatable bonds is 6. The molecule has 2 aromatic rings. The summed E-state index contributed by atoms with van der Waals surface area (Å²) in [6.07, 6.45) is 2.87. The minimum absolute atomic E-state index is 0.0846. The average Bonchev–Trinajstić information content (AvgIpc) is 2.48. The van der Waals surface area contributed by atoms with Crippen LogP contribution in [0.4, 0.5) is 0 Å². The predicted octanol–water partition coefficient (Wildman–Crippen LogP) is 4.37. The third kappa shape index (κ3) is 3.99. The molecule has 1 atom stereocenters. The topological polar surface area (TPSA) is 35.2 Å². The van der Waals surface area contributed by atoms with Gasteiger partial charge in [-0.15, -0.1) is 0 Å². The van der Waals surface area contributed by atoms with Crippen LogP contribution in [-0.4, -0.2) is 7.11 Å². The standard InChI is InChI=1S/C17H20ClNO/c1-20-17-11-10-15(18)12-14(17)8-5-9-16(19)13-6-3-2-4-7-13/h2-4,6-7,10-12,16H,5,8-9,19H2,1H3. The molecule has 0 heterocycles. The van der Waals surface area contributed by atoms with Gasteiger partial charge in [-0.25, -0.2) is 0 Å². The van der Waals surface area contributed by atoms with Gasteiger partial charge < -0.3 is 10.5 Å². The Hall–Kier alpha value is -1.51. The quantitative estimate of drug-likeness (QED) is 0.857. The molecule has 2 rings (SSSR count). The van der Waals surface area contributed by atoms with Crippen LogP contribution in [0.1, 0.15) is 30.0 Å². The largest absolute Gasteiger partial charge is 0.496 e. The summed E-state index contributed by atoms with van der Waals surface area (Å²) in [7, 11) is 1.68. The number of hydrogen-bond acceptors (Lipinski definition) is 2.